The highest BCUT2D eigenvalue weighted by Crippen LogP contribution is 2.41. The minimum Gasteiger partial charge on any atom is -0.252 e. The van der Waals surface area contributed by atoms with Crippen molar-refractivity contribution >= 4 is 43.9 Å². The van der Waals surface area contributed by atoms with E-state index in [2.05, 4.69) is 74.0 Å². The lowest BCUT2D eigenvalue weighted by atomic mass is 9.12. The molecule has 1 heterocycles. The van der Waals surface area contributed by atoms with Crippen molar-refractivity contribution in [2.24, 2.45) is 0 Å². The Kier molecular flexibility index (Phi) is 16.2. The van der Waals surface area contributed by atoms with E-state index in [0.717, 1.165) is 22.3 Å². The number of alkyl halides is 24. The van der Waals surface area contributed by atoms with Crippen molar-refractivity contribution < 1.29 is 110 Å². The smallest absolute Gasteiger partial charge is 0.252 e. The van der Waals surface area contributed by atoms with Gasteiger partial charge in [-0.3, -0.25) is 4.98 Å². The summed E-state index contributed by atoms with van der Waals surface area (Å²) >= 11 is 3.47. The monoisotopic (exact) mass is 1190 g/mol. The van der Waals surface area contributed by atoms with Gasteiger partial charge in [-0.2, -0.15) is 132 Å². The number of nitrogens with zero attached hydrogens (tertiary/aromatic N) is 2. The van der Waals surface area contributed by atoms with Crippen LogP contribution in [0.3, 0.4) is 0 Å². The van der Waals surface area contributed by atoms with Crippen LogP contribution in [0.1, 0.15) is 50.1 Å². The van der Waals surface area contributed by atoms with Gasteiger partial charge in [0.05, 0.1) is 56.9 Å². The molecule has 6 aromatic carbocycles. The summed E-state index contributed by atoms with van der Waals surface area (Å²) in [5.41, 5.74) is -26.6. The number of benzene rings is 6. The Balaban J connectivity index is 0.000000397. The van der Waals surface area contributed by atoms with Crippen molar-refractivity contribution in [1.82, 2.24) is 4.98 Å². The molecule has 1 aromatic heterocycles. The van der Waals surface area contributed by atoms with Crippen LogP contribution >= 0.6 is 15.9 Å². The summed E-state index contributed by atoms with van der Waals surface area (Å²) in [6.07, 6.45) is -49.1. The van der Waals surface area contributed by atoms with Gasteiger partial charge in [0, 0.05) is 15.6 Å². The van der Waals surface area contributed by atoms with E-state index in [1.807, 2.05) is 24.7 Å². The largest absolute Gasteiger partial charge is 0.416 e. The van der Waals surface area contributed by atoms with Crippen LogP contribution in [0.4, 0.5) is 105 Å². The Morgan fingerprint density at radius 2 is 0.636 bits per heavy atom. The third kappa shape index (κ3) is 13.9. The second-order valence-corrected chi connectivity index (χ2v) is 17.7. The van der Waals surface area contributed by atoms with Crippen LogP contribution < -0.4 is 26.4 Å². The van der Waals surface area contributed by atoms with Gasteiger partial charge >= 0.3 is 49.4 Å². The lowest BCUT2D eigenvalue weighted by molar-refractivity contribution is -0.678. The molecule has 0 radical (unpaired) electrons. The fraction of sp³-hybridized carbons (Fsp3) is 0.184. The molecule has 0 atom stereocenters. The van der Waals surface area contributed by atoms with Crippen LogP contribution in [0.15, 0.2) is 150 Å². The molecule has 0 aliphatic carbocycles. The maximum absolute atomic E-state index is 14.2. The summed E-state index contributed by atoms with van der Waals surface area (Å²) < 4.78 is 344. The van der Waals surface area contributed by atoms with Crippen LogP contribution in [-0.4, -0.2) is 11.1 Å². The molecule has 410 valence electrons. The Hall–Kier alpha value is -6.74. The molecule has 0 bridgehead atoms. The molecule has 0 amide bonds. The van der Waals surface area contributed by atoms with Gasteiger partial charge < -0.3 is 0 Å². The van der Waals surface area contributed by atoms with Gasteiger partial charge in [-0.05, 0) is 48.5 Å². The molecule has 0 aliphatic heterocycles. The zero-order valence-corrected chi connectivity index (χ0v) is 39.1. The van der Waals surface area contributed by atoms with Gasteiger partial charge in [0.2, 0.25) is 5.69 Å². The molecule has 0 unspecified atom stereocenters. The molecule has 0 N–H and O–H groups in total. The highest BCUT2D eigenvalue weighted by molar-refractivity contribution is 9.10. The van der Waals surface area contributed by atoms with Gasteiger partial charge in [-0.15, -0.1) is 0 Å². The van der Waals surface area contributed by atoms with Gasteiger partial charge in [0.15, 0.2) is 12.7 Å². The Labute approximate surface area is 425 Å². The van der Waals surface area contributed by atoms with E-state index in [4.69, 9.17) is 0 Å². The lowest BCUT2D eigenvalue weighted by Gasteiger charge is -2.46. The van der Waals surface area contributed by atoms with Crippen LogP contribution in [0.2, 0.25) is 0 Å². The average Bonchev–Trinajstić information content (AvgIpc) is 3.30. The molecular formula is C49H26BBrF24N2. The van der Waals surface area contributed by atoms with Crippen LogP contribution in [0.25, 0.3) is 11.3 Å². The fourth-order valence-corrected chi connectivity index (χ4v) is 8.50. The first-order valence-electron chi connectivity index (χ1n) is 21.1. The first-order valence-corrected chi connectivity index (χ1v) is 21.9. The molecular weight excluding hydrogens is 1160 g/mol. The number of aromatic nitrogens is 2. The van der Waals surface area contributed by atoms with Gasteiger partial charge in [0.25, 0.3) is 0 Å². The second kappa shape index (κ2) is 20.9. The standard InChI is InChI=1S/C32H12BF24.C17H14BrN2/c34-25(35,36)13-1-14(26(37,38)39)6-21(5-13)33(22-7-15(27(40,41)42)2-16(8-22)28(43,44)45,23-9-17(29(46,47)48)3-18(10-23)30(49,50)51)24-11-19(31(52,53)54)4-20(12-24)32(55,56)57;18-16-8-6-15(7-9-16)17-12-19-10-11-20(17)13-14-4-2-1-3-5-14/h1-12H;1-12H,13H2/q-1;+1. The molecule has 7 rings (SSSR count). The highest BCUT2D eigenvalue weighted by atomic mass is 79.9. The molecule has 77 heavy (non-hydrogen) atoms. The van der Waals surface area contributed by atoms with Crippen molar-refractivity contribution in [3.63, 3.8) is 0 Å². The van der Waals surface area contributed by atoms with E-state index in [1.54, 1.807) is 0 Å². The molecule has 7 aromatic rings. The van der Waals surface area contributed by atoms with Crippen molar-refractivity contribution in [3.05, 3.63) is 201 Å². The highest BCUT2D eigenvalue weighted by Gasteiger charge is 2.47. The van der Waals surface area contributed by atoms with Crippen LogP contribution in [0, 0.1) is 0 Å². The van der Waals surface area contributed by atoms with Gasteiger partial charge in [0.1, 0.15) is 6.15 Å². The first-order chi connectivity index (χ1) is 35.1. The molecule has 0 saturated heterocycles. The molecule has 0 saturated carbocycles. The van der Waals surface area contributed by atoms with E-state index in [1.165, 1.54) is 5.56 Å². The minimum atomic E-state index is -6.13. The maximum atomic E-state index is 14.2. The predicted molar refractivity (Wildman–Crippen MR) is 233 cm³/mol. The van der Waals surface area contributed by atoms with E-state index < -0.39 is 195 Å². The Morgan fingerprint density at radius 1 is 0.364 bits per heavy atom. The number of rotatable bonds is 7. The topological polar surface area (TPSA) is 16.8 Å². The van der Waals surface area contributed by atoms with Gasteiger partial charge in [-0.1, -0.05) is 94.8 Å². The third-order valence-corrected chi connectivity index (χ3v) is 12.1. The predicted octanol–water partition coefficient (Wildman–Crippen LogP) is 15.1. The van der Waals surface area contributed by atoms with Crippen molar-refractivity contribution in [1.29, 1.82) is 0 Å². The quantitative estimate of drug-likeness (QED) is 0.0883. The number of hydrogen-bond acceptors (Lipinski definition) is 1. The van der Waals surface area contributed by atoms with E-state index in [-0.39, 0.29) is 0 Å². The summed E-state index contributed by atoms with van der Waals surface area (Å²) in [4.78, 5) is 4.25. The fourth-order valence-electron chi connectivity index (χ4n) is 8.24. The second-order valence-electron chi connectivity index (χ2n) is 16.8. The van der Waals surface area contributed by atoms with Crippen molar-refractivity contribution in [3.8, 4) is 11.3 Å². The van der Waals surface area contributed by atoms with Crippen LogP contribution in [0.5, 0.6) is 0 Å². The molecule has 0 spiro atoms. The minimum absolute atomic E-state index is 0.691. The van der Waals surface area contributed by atoms with Crippen LogP contribution in [-0.2, 0) is 56.0 Å². The molecule has 2 nitrogen and oxygen atoms in total. The summed E-state index contributed by atoms with van der Waals surface area (Å²) in [5.74, 6) is 0. The molecule has 0 fully saturated rings. The van der Waals surface area contributed by atoms with Gasteiger partial charge in [-0.25, -0.2) is 0 Å². The summed E-state index contributed by atoms with van der Waals surface area (Å²) in [6, 6.07) is 9.94. The first kappa shape index (κ1) is 59.5. The number of hydrogen-bond donors (Lipinski definition) is 0. The summed E-state index contributed by atoms with van der Waals surface area (Å²) in [5, 5.41) is 0. The lowest BCUT2D eigenvalue weighted by Crippen LogP contribution is -2.75. The van der Waals surface area contributed by atoms with Crippen molar-refractivity contribution in [2.45, 2.75) is 56.0 Å². The maximum Gasteiger partial charge on any atom is 0.416 e. The Bertz CT molecular complexity index is 2790. The number of halogens is 25. The molecule has 28 heteroatoms. The third-order valence-electron chi connectivity index (χ3n) is 11.6. The zero-order chi connectivity index (χ0) is 57.7. The zero-order valence-electron chi connectivity index (χ0n) is 37.5. The normalized spacial score (nSPS) is 13.3. The van der Waals surface area contributed by atoms with E-state index >= 15 is 0 Å². The SMILES string of the molecule is Brc1ccc(-c2cncc[n+]2Cc2ccccc2)cc1.FC(F)(F)c1cc([B-](c2cc(C(F)(F)F)cc(C(F)(F)F)c2)(c2cc(C(F)(F)F)cc(C(F)(F)F)c2)c2cc(C(F)(F)F)cc(C(F)(F)F)c2)cc(C(F)(F)F)c1. The Morgan fingerprint density at radius 3 is 0.896 bits per heavy atom. The summed E-state index contributed by atoms with van der Waals surface area (Å²) in [6.45, 7) is 0.842. The van der Waals surface area contributed by atoms with Crippen molar-refractivity contribution in [2.75, 3.05) is 0 Å². The summed E-state index contributed by atoms with van der Waals surface area (Å²) in [7, 11) is 0. The van der Waals surface area contributed by atoms with E-state index in [9.17, 15) is 105 Å². The average molecular weight is 1190 g/mol. The molecule has 0 aliphatic rings. The van der Waals surface area contributed by atoms with E-state index in [0.29, 0.717) is 0 Å².